The first-order chi connectivity index (χ1) is 12.3. The highest BCUT2D eigenvalue weighted by molar-refractivity contribution is 5.93. The summed E-state index contributed by atoms with van der Waals surface area (Å²) in [6, 6.07) is 9.80. The first-order valence-corrected chi connectivity index (χ1v) is 8.79. The number of para-hydroxylation sites is 1. The van der Waals surface area contributed by atoms with E-state index in [0.717, 1.165) is 31.7 Å². The number of aromatic nitrogens is 2. The minimum atomic E-state index is -0.00698. The van der Waals surface area contributed by atoms with Crippen LogP contribution in [-0.4, -0.2) is 47.0 Å². The minimum Gasteiger partial charge on any atom is -0.493 e. The van der Waals surface area contributed by atoms with Crippen molar-refractivity contribution in [2.24, 2.45) is 5.92 Å². The topological polar surface area (TPSA) is 67.4 Å². The van der Waals surface area contributed by atoms with Crippen LogP contribution in [0.3, 0.4) is 0 Å². The van der Waals surface area contributed by atoms with Gasteiger partial charge in [0, 0.05) is 37.9 Å². The molecule has 1 atom stereocenters. The fraction of sp³-hybridized carbons (Fsp3) is 0.421. The Morgan fingerprint density at radius 3 is 2.76 bits per heavy atom. The number of rotatable bonds is 6. The molecule has 0 aliphatic carbocycles. The molecule has 0 saturated carbocycles. The fourth-order valence-electron chi connectivity index (χ4n) is 2.99. The zero-order chi connectivity index (χ0) is 17.5. The third kappa shape index (κ3) is 4.68. The Kier molecular flexibility index (Phi) is 5.82. The lowest BCUT2D eigenvalue weighted by atomic mass is 9.98. The molecule has 6 nitrogen and oxygen atoms in total. The molecule has 1 fully saturated rings. The number of likely N-dealkylation sites (tertiary alicyclic amines) is 1. The van der Waals surface area contributed by atoms with Gasteiger partial charge in [0.2, 0.25) is 5.95 Å². The lowest BCUT2D eigenvalue weighted by Gasteiger charge is -2.32. The Balaban J connectivity index is 1.55. The van der Waals surface area contributed by atoms with E-state index in [9.17, 15) is 4.79 Å². The van der Waals surface area contributed by atoms with Gasteiger partial charge >= 0.3 is 0 Å². The number of nitrogens with one attached hydrogen (secondary N) is 1. The predicted octanol–water partition coefficient (Wildman–Crippen LogP) is 2.84. The minimum absolute atomic E-state index is 0.00698. The van der Waals surface area contributed by atoms with Gasteiger partial charge in [0.05, 0.1) is 12.2 Å². The van der Waals surface area contributed by atoms with Crippen molar-refractivity contribution in [1.82, 2.24) is 14.9 Å². The van der Waals surface area contributed by atoms with Crippen LogP contribution in [0.25, 0.3) is 0 Å². The van der Waals surface area contributed by atoms with Crippen molar-refractivity contribution in [3.63, 3.8) is 0 Å². The van der Waals surface area contributed by atoms with Crippen molar-refractivity contribution in [2.75, 3.05) is 31.6 Å². The average Bonchev–Trinajstić information content (AvgIpc) is 2.68. The highest BCUT2D eigenvalue weighted by atomic mass is 16.5. The second-order valence-corrected chi connectivity index (χ2v) is 6.21. The quantitative estimate of drug-likeness (QED) is 0.876. The zero-order valence-electron chi connectivity index (χ0n) is 14.5. The van der Waals surface area contributed by atoms with E-state index in [4.69, 9.17) is 4.74 Å². The van der Waals surface area contributed by atoms with E-state index in [1.165, 1.54) is 0 Å². The molecule has 1 N–H and O–H groups in total. The Morgan fingerprint density at radius 1 is 1.28 bits per heavy atom. The number of hydrogen-bond donors (Lipinski definition) is 1. The van der Waals surface area contributed by atoms with Gasteiger partial charge in [-0.1, -0.05) is 18.2 Å². The van der Waals surface area contributed by atoms with Gasteiger partial charge in [-0.05, 0) is 31.9 Å². The second kappa shape index (κ2) is 8.46. The summed E-state index contributed by atoms with van der Waals surface area (Å²) in [5, 5.41) is 3.03. The van der Waals surface area contributed by atoms with Crippen molar-refractivity contribution < 1.29 is 9.53 Å². The molecule has 1 aromatic carbocycles. The van der Waals surface area contributed by atoms with Gasteiger partial charge in [-0.25, -0.2) is 9.97 Å². The molecule has 1 unspecified atom stereocenters. The van der Waals surface area contributed by atoms with Gasteiger partial charge in [0.1, 0.15) is 5.75 Å². The third-order valence-corrected chi connectivity index (χ3v) is 4.27. The molecule has 6 heteroatoms. The highest BCUT2D eigenvalue weighted by Crippen LogP contribution is 2.20. The first kappa shape index (κ1) is 17.2. The molecule has 0 radical (unpaired) electrons. The Morgan fingerprint density at radius 2 is 2.04 bits per heavy atom. The monoisotopic (exact) mass is 340 g/mol. The molecule has 1 aliphatic heterocycles. The molecule has 1 saturated heterocycles. The molecular formula is C19H24N4O2. The maximum atomic E-state index is 12.7. The van der Waals surface area contributed by atoms with Crippen molar-refractivity contribution in [3.05, 3.63) is 48.3 Å². The standard InChI is InChI=1S/C19H24N4O2/c1-2-20-19-21-11-16(12-22-19)18(24)23-10-6-7-15(13-23)14-25-17-8-4-3-5-9-17/h3-5,8-9,11-12,15H,2,6-7,10,13-14H2,1H3,(H,20,21,22). The summed E-state index contributed by atoms with van der Waals surface area (Å²) < 4.78 is 5.85. The molecule has 0 spiro atoms. The van der Waals surface area contributed by atoms with Crippen LogP contribution in [0.1, 0.15) is 30.1 Å². The van der Waals surface area contributed by atoms with Crippen LogP contribution >= 0.6 is 0 Å². The lowest BCUT2D eigenvalue weighted by Crippen LogP contribution is -2.41. The maximum absolute atomic E-state index is 12.7. The summed E-state index contributed by atoms with van der Waals surface area (Å²) in [4.78, 5) is 22.9. The molecule has 1 amide bonds. The van der Waals surface area contributed by atoms with Crippen molar-refractivity contribution >= 4 is 11.9 Å². The van der Waals surface area contributed by atoms with Gasteiger partial charge in [0.25, 0.3) is 5.91 Å². The fourth-order valence-corrected chi connectivity index (χ4v) is 2.99. The summed E-state index contributed by atoms with van der Waals surface area (Å²) in [7, 11) is 0. The van der Waals surface area contributed by atoms with E-state index in [1.54, 1.807) is 12.4 Å². The van der Waals surface area contributed by atoms with E-state index in [1.807, 2.05) is 42.2 Å². The van der Waals surface area contributed by atoms with E-state index in [-0.39, 0.29) is 5.91 Å². The largest absolute Gasteiger partial charge is 0.493 e. The molecule has 2 heterocycles. The molecule has 2 aromatic rings. The van der Waals surface area contributed by atoms with Crippen LogP contribution < -0.4 is 10.1 Å². The van der Waals surface area contributed by atoms with Gasteiger partial charge in [0.15, 0.2) is 0 Å². The molecule has 25 heavy (non-hydrogen) atoms. The number of nitrogens with zero attached hydrogens (tertiary/aromatic N) is 3. The number of benzene rings is 1. The number of anilines is 1. The van der Waals surface area contributed by atoms with Gasteiger partial charge in [-0.2, -0.15) is 0 Å². The molecule has 3 rings (SSSR count). The van der Waals surface area contributed by atoms with E-state index in [0.29, 0.717) is 30.6 Å². The SMILES string of the molecule is CCNc1ncc(C(=O)N2CCCC(COc3ccccc3)C2)cn1. The van der Waals surface area contributed by atoms with E-state index >= 15 is 0 Å². The Bertz CT molecular complexity index is 676. The van der Waals surface area contributed by atoms with Crippen LogP contribution in [0, 0.1) is 5.92 Å². The van der Waals surface area contributed by atoms with Crippen molar-refractivity contribution in [3.8, 4) is 5.75 Å². The van der Waals surface area contributed by atoms with Crippen molar-refractivity contribution in [2.45, 2.75) is 19.8 Å². The second-order valence-electron chi connectivity index (χ2n) is 6.21. The van der Waals surface area contributed by atoms with Crippen LogP contribution in [0.15, 0.2) is 42.7 Å². The van der Waals surface area contributed by atoms with Gasteiger partial charge in [-0.3, -0.25) is 4.79 Å². The van der Waals surface area contributed by atoms with Crippen LogP contribution in [0.4, 0.5) is 5.95 Å². The average molecular weight is 340 g/mol. The lowest BCUT2D eigenvalue weighted by molar-refractivity contribution is 0.0632. The summed E-state index contributed by atoms with van der Waals surface area (Å²) in [5.74, 6) is 1.76. The number of carbonyl (C=O) groups excluding carboxylic acids is 1. The Hall–Kier alpha value is -2.63. The first-order valence-electron chi connectivity index (χ1n) is 8.79. The van der Waals surface area contributed by atoms with Crippen LogP contribution in [-0.2, 0) is 0 Å². The predicted molar refractivity (Wildman–Crippen MR) is 96.8 cm³/mol. The molecule has 1 aromatic heterocycles. The van der Waals surface area contributed by atoms with Gasteiger partial charge in [-0.15, -0.1) is 0 Å². The molecule has 0 bridgehead atoms. The van der Waals surface area contributed by atoms with Crippen LogP contribution in [0.2, 0.25) is 0 Å². The summed E-state index contributed by atoms with van der Waals surface area (Å²) in [5.41, 5.74) is 0.534. The number of carbonyl (C=O) groups is 1. The van der Waals surface area contributed by atoms with Gasteiger partial charge < -0.3 is 15.0 Å². The number of hydrogen-bond acceptors (Lipinski definition) is 5. The zero-order valence-corrected chi connectivity index (χ0v) is 14.5. The van der Waals surface area contributed by atoms with E-state index in [2.05, 4.69) is 15.3 Å². The highest BCUT2D eigenvalue weighted by Gasteiger charge is 2.25. The normalized spacial score (nSPS) is 17.2. The molecule has 132 valence electrons. The number of piperidine rings is 1. The van der Waals surface area contributed by atoms with Crippen molar-refractivity contribution in [1.29, 1.82) is 0 Å². The van der Waals surface area contributed by atoms with E-state index < -0.39 is 0 Å². The third-order valence-electron chi connectivity index (χ3n) is 4.27. The number of ether oxygens (including phenoxy) is 1. The summed E-state index contributed by atoms with van der Waals surface area (Å²) in [6.07, 6.45) is 5.26. The molecular weight excluding hydrogens is 316 g/mol. The Labute approximate surface area is 148 Å². The maximum Gasteiger partial charge on any atom is 0.257 e. The number of amides is 1. The summed E-state index contributed by atoms with van der Waals surface area (Å²) in [6.45, 7) is 4.84. The smallest absolute Gasteiger partial charge is 0.257 e. The molecule has 1 aliphatic rings. The van der Waals surface area contributed by atoms with Crippen LogP contribution in [0.5, 0.6) is 5.75 Å². The summed E-state index contributed by atoms with van der Waals surface area (Å²) >= 11 is 0.